The summed E-state index contributed by atoms with van der Waals surface area (Å²) in [5.41, 5.74) is 0.992. The molecule has 0 amide bonds. The van der Waals surface area contributed by atoms with Crippen molar-refractivity contribution in [1.29, 1.82) is 0 Å². The average Bonchev–Trinajstić information content (AvgIpc) is 2.09. The number of rotatable bonds is 3. The molecule has 11 heavy (non-hydrogen) atoms. The number of nitrogens with zero attached hydrogens (tertiary/aromatic N) is 1. The third-order valence-electron chi connectivity index (χ3n) is 1.45. The first-order chi connectivity index (χ1) is 5.38. The van der Waals surface area contributed by atoms with E-state index >= 15 is 0 Å². The standard InChI is InChI=1S/C8H10NOP/c1-2-9(11-10)8-6-4-3-5-7-8/h3-7H,2H2,1H3. The zero-order valence-electron chi connectivity index (χ0n) is 6.40. The molecule has 0 aliphatic carbocycles. The molecule has 0 spiro atoms. The first kappa shape index (κ1) is 8.22. The van der Waals surface area contributed by atoms with Crippen molar-refractivity contribution in [2.24, 2.45) is 0 Å². The molecule has 0 aliphatic rings. The van der Waals surface area contributed by atoms with E-state index in [9.17, 15) is 4.57 Å². The summed E-state index contributed by atoms with van der Waals surface area (Å²) in [5, 5.41) is 0. The van der Waals surface area contributed by atoms with Crippen molar-refractivity contribution in [3.05, 3.63) is 30.3 Å². The Morgan fingerprint density at radius 1 is 1.36 bits per heavy atom. The lowest BCUT2D eigenvalue weighted by Gasteiger charge is -2.11. The Morgan fingerprint density at radius 2 is 2.00 bits per heavy atom. The molecular formula is C8H10NOP. The Morgan fingerprint density at radius 3 is 2.45 bits per heavy atom. The van der Waals surface area contributed by atoms with Gasteiger partial charge in [0.1, 0.15) is 0 Å². The van der Waals surface area contributed by atoms with E-state index in [-0.39, 0.29) is 8.61 Å². The second kappa shape index (κ2) is 4.09. The lowest BCUT2D eigenvalue weighted by atomic mass is 10.3. The number of hydrogen-bond donors (Lipinski definition) is 0. The van der Waals surface area contributed by atoms with Gasteiger partial charge in [0.2, 0.25) is 0 Å². The third kappa shape index (κ3) is 2.02. The van der Waals surface area contributed by atoms with Crippen LogP contribution in [0.5, 0.6) is 0 Å². The third-order valence-corrected chi connectivity index (χ3v) is 2.16. The second-order valence-electron chi connectivity index (χ2n) is 2.13. The van der Waals surface area contributed by atoms with Crippen molar-refractivity contribution in [3.8, 4) is 0 Å². The SMILES string of the molecule is CCN(P=O)c1ccccc1. The van der Waals surface area contributed by atoms with Crippen LogP contribution in [-0.2, 0) is 4.57 Å². The number of anilines is 1. The number of benzene rings is 1. The van der Waals surface area contributed by atoms with Gasteiger partial charge in [-0.25, -0.2) is 4.57 Å². The summed E-state index contributed by atoms with van der Waals surface area (Å²) in [5.74, 6) is 0. The topological polar surface area (TPSA) is 20.3 Å². The van der Waals surface area contributed by atoms with Gasteiger partial charge in [-0.15, -0.1) is 0 Å². The van der Waals surface area contributed by atoms with E-state index in [1.165, 1.54) is 0 Å². The minimum atomic E-state index is 0.0580. The highest BCUT2D eigenvalue weighted by Crippen LogP contribution is 2.18. The first-order valence-corrected chi connectivity index (χ1v) is 4.31. The lowest BCUT2D eigenvalue weighted by Crippen LogP contribution is -2.07. The molecule has 0 radical (unpaired) electrons. The fourth-order valence-corrected chi connectivity index (χ4v) is 1.23. The molecule has 0 aliphatic heterocycles. The molecule has 0 atom stereocenters. The van der Waals surface area contributed by atoms with Gasteiger partial charge in [-0.2, -0.15) is 0 Å². The lowest BCUT2D eigenvalue weighted by molar-refractivity contribution is 0.596. The van der Waals surface area contributed by atoms with Gasteiger partial charge in [0.15, 0.2) is 0 Å². The second-order valence-corrected chi connectivity index (χ2v) is 2.78. The summed E-state index contributed by atoms with van der Waals surface area (Å²) < 4.78 is 12.3. The highest BCUT2D eigenvalue weighted by Gasteiger charge is 1.99. The summed E-state index contributed by atoms with van der Waals surface area (Å²) in [6, 6.07) is 9.69. The summed E-state index contributed by atoms with van der Waals surface area (Å²) in [7, 11) is 0.0580. The van der Waals surface area contributed by atoms with Crippen LogP contribution in [0.25, 0.3) is 0 Å². The van der Waals surface area contributed by atoms with Crippen LogP contribution in [0.3, 0.4) is 0 Å². The van der Waals surface area contributed by atoms with E-state index in [2.05, 4.69) is 0 Å². The number of para-hydroxylation sites is 1. The minimum absolute atomic E-state index is 0.0580. The van der Waals surface area contributed by atoms with Gasteiger partial charge in [0.05, 0.1) is 0 Å². The predicted molar refractivity (Wildman–Crippen MR) is 47.1 cm³/mol. The molecule has 1 rings (SSSR count). The first-order valence-electron chi connectivity index (χ1n) is 3.54. The molecule has 3 heteroatoms. The van der Waals surface area contributed by atoms with E-state index in [0.29, 0.717) is 0 Å². The molecule has 0 saturated carbocycles. The van der Waals surface area contributed by atoms with E-state index in [4.69, 9.17) is 0 Å². The molecular weight excluding hydrogens is 157 g/mol. The molecule has 58 valence electrons. The Balaban J connectivity index is 2.82. The zero-order chi connectivity index (χ0) is 8.10. The van der Waals surface area contributed by atoms with Crippen LogP contribution in [0.15, 0.2) is 30.3 Å². The van der Waals surface area contributed by atoms with Crippen molar-refractivity contribution >= 4 is 14.3 Å². The Bertz CT molecular complexity index is 225. The van der Waals surface area contributed by atoms with Crippen LogP contribution >= 0.6 is 8.61 Å². The molecule has 0 saturated heterocycles. The van der Waals surface area contributed by atoms with Crippen LogP contribution in [0, 0.1) is 0 Å². The van der Waals surface area contributed by atoms with Gasteiger partial charge in [-0.05, 0) is 19.1 Å². The maximum Gasteiger partial charge on any atom is 0.281 e. The maximum absolute atomic E-state index is 10.6. The fourth-order valence-electron chi connectivity index (χ4n) is 0.888. The fraction of sp³-hybridized carbons (Fsp3) is 0.250. The van der Waals surface area contributed by atoms with Gasteiger partial charge in [0.25, 0.3) is 8.61 Å². The van der Waals surface area contributed by atoms with E-state index < -0.39 is 0 Å². The Kier molecular flexibility index (Phi) is 3.06. The molecule has 0 aromatic heterocycles. The van der Waals surface area contributed by atoms with Gasteiger partial charge in [-0.1, -0.05) is 18.2 Å². The predicted octanol–water partition coefficient (Wildman–Crippen LogP) is 2.72. The van der Waals surface area contributed by atoms with Crippen molar-refractivity contribution in [3.63, 3.8) is 0 Å². The van der Waals surface area contributed by atoms with Gasteiger partial charge in [-0.3, -0.25) is 4.67 Å². The van der Waals surface area contributed by atoms with E-state index in [0.717, 1.165) is 12.2 Å². The smallest absolute Gasteiger partial charge is 0.281 e. The van der Waals surface area contributed by atoms with Crippen molar-refractivity contribution in [1.82, 2.24) is 0 Å². The molecule has 1 aromatic rings. The Labute approximate surface area is 68.1 Å². The van der Waals surface area contributed by atoms with Gasteiger partial charge < -0.3 is 0 Å². The van der Waals surface area contributed by atoms with Gasteiger partial charge >= 0.3 is 0 Å². The summed E-state index contributed by atoms with van der Waals surface area (Å²) in [6.07, 6.45) is 0. The quantitative estimate of drug-likeness (QED) is 0.645. The largest absolute Gasteiger partial charge is 0.292 e. The summed E-state index contributed by atoms with van der Waals surface area (Å²) in [4.78, 5) is 0. The van der Waals surface area contributed by atoms with Crippen molar-refractivity contribution in [2.45, 2.75) is 6.92 Å². The van der Waals surface area contributed by atoms with Crippen molar-refractivity contribution < 1.29 is 4.57 Å². The molecule has 0 N–H and O–H groups in total. The molecule has 2 nitrogen and oxygen atoms in total. The molecule has 1 aromatic carbocycles. The van der Waals surface area contributed by atoms with Crippen LogP contribution in [0.2, 0.25) is 0 Å². The average molecular weight is 167 g/mol. The molecule has 0 bridgehead atoms. The summed E-state index contributed by atoms with van der Waals surface area (Å²) in [6.45, 7) is 2.73. The summed E-state index contributed by atoms with van der Waals surface area (Å²) >= 11 is 0. The maximum atomic E-state index is 10.6. The minimum Gasteiger partial charge on any atom is -0.292 e. The van der Waals surface area contributed by atoms with E-state index in [1.54, 1.807) is 4.67 Å². The van der Waals surface area contributed by atoms with Crippen LogP contribution in [-0.4, -0.2) is 6.54 Å². The van der Waals surface area contributed by atoms with Crippen molar-refractivity contribution in [2.75, 3.05) is 11.2 Å². The van der Waals surface area contributed by atoms with Crippen LogP contribution in [0.1, 0.15) is 6.92 Å². The highest BCUT2D eigenvalue weighted by molar-refractivity contribution is 7.26. The molecule has 0 heterocycles. The van der Waals surface area contributed by atoms with Crippen LogP contribution in [0.4, 0.5) is 5.69 Å². The Hall–Kier alpha value is -0.880. The van der Waals surface area contributed by atoms with Crippen LogP contribution < -0.4 is 4.67 Å². The zero-order valence-corrected chi connectivity index (χ0v) is 7.29. The monoisotopic (exact) mass is 167 g/mol. The van der Waals surface area contributed by atoms with Gasteiger partial charge in [0, 0.05) is 12.2 Å². The molecule has 0 fully saturated rings. The molecule has 0 unspecified atom stereocenters. The highest BCUT2D eigenvalue weighted by atomic mass is 31.1. The van der Waals surface area contributed by atoms with E-state index in [1.807, 2.05) is 37.3 Å². The normalized spacial score (nSPS) is 9.91. The number of hydrogen-bond acceptors (Lipinski definition) is 1.